The number of hydrogen-bond donors (Lipinski definition) is 0. The summed E-state index contributed by atoms with van der Waals surface area (Å²) in [6, 6.07) is 67.1. The SMILES string of the molecule is c1ccc(C(CCCCCCCCCCCCCCC(c2ccccc2)(c2ccccc2)c2ccccc2)(c2ccccc2)c2ccccc2)cc1. The summed E-state index contributed by atoms with van der Waals surface area (Å²) < 4.78 is 0. The van der Waals surface area contributed by atoms with Gasteiger partial charge in [0, 0.05) is 10.8 Å². The van der Waals surface area contributed by atoms with Crippen molar-refractivity contribution in [2.24, 2.45) is 0 Å². The van der Waals surface area contributed by atoms with E-state index in [1.165, 1.54) is 110 Å². The molecule has 0 N–H and O–H groups in total. The summed E-state index contributed by atoms with van der Waals surface area (Å²) in [5.74, 6) is 0. The Labute approximate surface area is 315 Å². The van der Waals surface area contributed by atoms with Crippen molar-refractivity contribution in [2.45, 2.75) is 101 Å². The predicted molar refractivity (Wildman–Crippen MR) is 223 cm³/mol. The molecule has 6 rings (SSSR count). The largest absolute Gasteiger partial charge is 0.0622 e. The molecule has 6 aromatic carbocycles. The predicted octanol–water partition coefficient (Wildman–Crippen LogP) is 14.5. The lowest BCUT2D eigenvalue weighted by Crippen LogP contribution is -2.29. The monoisotopic (exact) mass is 682 g/mol. The Kier molecular flexibility index (Phi) is 14.1. The molecule has 6 aromatic rings. The van der Waals surface area contributed by atoms with Crippen molar-refractivity contribution in [3.63, 3.8) is 0 Å². The van der Waals surface area contributed by atoms with Gasteiger partial charge in [-0.2, -0.15) is 0 Å². The minimum atomic E-state index is -0.115. The third kappa shape index (κ3) is 9.21. The average Bonchev–Trinajstić information content (AvgIpc) is 3.23. The second kappa shape index (κ2) is 19.8. The van der Waals surface area contributed by atoms with Gasteiger partial charge < -0.3 is 0 Å². The van der Waals surface area contributed by atoms with Crippen molar-refractivity contribution in [3.8, 4) is 0 Å². The molecule has 0 amide bonds. The molecule has 0 heteroatoms. The van der Waals surface area contributed by atoms with Crippen molar-refractivity contribution in [3.05, 3.63) is 215 Å². The van der Waals surface area contributed by atoms with E-state index in [0.717, 1.165) is 12.8 Å². The van der Waals surface area contributed by atoms with Crippen LogP contribution in [0.4, 0.5) is 0 Å². The first kappa shape index (κ1) is 37.1. The molecule has 0 aliphatic carbocycles. The summed E-state index contributed by atoms with van der Waals surface area (Å²) in [5.41, 5.74) is 8.16. The van der Waals surface area contributed by atoms with E-state index in [9.17, 15) is 0 Å². The average molecular weight is 683 g/mol. The van der Waals surface area contributed by atoms with Crippen LogP contribution < -0.4 is 0 Å². The summed E-state index contributed by atoms with van der Waals surface area (Å²) in [5, 5.41) is 0. The van der Waals surface area contributed by atoms with E-state index in [4.69, 9.17) is 0 Å². The number of unbranched alkanes of at least 4 members (excludes halogenated alkanes) is 11. The highest BCUT2D eigenvalue weighted by molar-refractivity contribution is 5.51. The molecule has 0 unspecified atom stereocenters. The number of rotatable bonds is 21. The molecule has 0 saturated heterocycles. The molecule has 0 spiro atoms. The Hall–Kier alpha value is -4.68. The van der Waals surface area contributed by atoms with Gasteiger partial charge in [-0.1, -0.05) is 259 Å². The Morgan fingerprint density at radius 1 is 0.192 bits per heavy atom. The normalized spacial score (nSPS) is 11.8. The fourth-order valence-electron chi connectivity index (χ4n) is 8.75. The molecular formula is C52H58. The Morgan fingerprint density at radius 2 is 0.346 bits per heavy atom. The molecule has 0 radical (unpaired) electrons. The first-order valence-corrected chi connectivity index (χ1v) is 20.2. The van der Waals surface area contributed by atoms with Gasteiger partial charge in [0.25, 0.3) is 0 Å². The Balaban J connectivity index is 0.926. The lowest BCUT2D eigenvalue weighted by molar-refractivity contribution is 0.484. The van der Waals surface area contributed by atoms with Crippen LogP contribution in [0.3, 0.4) is 0 Å². The fraction of sp³-hybridized carbons (Fsp3) is 0.308. The molecule has 0 aromatic heterocycles. The summed E-state index contributed by atoms with van der Waals surface area (Å²) in [6.07, 6.45) is 18.2. The van der Waals surface area contributed by atoms with Gasteiger partial charge in [-0.05, 0) is 46.2 Å². The standard InChI is InChI=1S/C52H58/c1(3-5-7-9-29-43-51(45-31-17-11-18-32-45,46-33-19-12-20-34-46)47-35-21-13-22-36-47)2-4-6-8-10-30-44-52(48-37-23-14-24-38-48,49-39-25-15-26-40-49)50-41-27-16-28-42-50/h11-28,31-42H,1-10,29-30,43-44H2. The van der Waals surface area contributed by atoms with Crippen LogP contribution in [0.15, 0.2) is 182 Å². The first-order valence-electron chi connectivity index (χ1n) is 20.2. The van der Waals surface area contributed by atoms with Crippen LogP contribution in [0.5, 0.6) is 0 Å². The van der Waals surface area contributed by atoms with Crippen LogP contribution >= 0.6 is 0 Å². The first-order chi connectivity index (χ1) is 25.8. The molecule has 0 nitrogen and oxygen atoms in total. The van der Waals surface area contributed by atoms with Gasteiger partial charge in [0.2, 0.25) is 0 Å². The number of benzene rings is 6. The minimum absolute atomic E-state index is 0.115. The molecule has 0 aliphatic heterocycles. The summed E-state index contributed by atoms with van der Waals surface area (Å²) in [4.78, 5) is 0. The second-order valence-electron chi connectivity index (χ2n) is 14.7. The van der Waals surface area contributed by atoms with Crippen LogP contribution in [0, 0.1) is 0 Å². The maximum atomic E-state index is 2.33. The van der Waals surface area contributed by atoms with E-state index >= 15 is 0 Å². The molecular weight excluding hydrogens is 625 g/mol. The third-order valence-corrected chi connectivity index (χ3v) is 11.5. The third-order valence-electron chi connectivity index (χ3n) is 11.5. The van der Waals surface area contributed by atoms with E-state index in [1.54, 1.807) is 0 Å². The molecule has 52 heavy (non-hydrogen) atoms. The highest BCUT2D eigenvalue weighted by Gasteiger charge is 2.36. The van der Waals surface area contributed by atoms with Gasteiger partial charge in [-0.15, -0.1) is 0 Å². The van der Waals surface area contributed by atoms with Crippen molar-refractivity contribution in [1.82, 2.24) is 0 Å². The van der Waals surface area contributed by atoms with Crippen LogP contribution in [0.2, 0.25) is 0 Å². The zero-order valence-corrected chi connectivity index (χ0v) is 31.2. The van der Waals surface area contributed by atoms with Crippen molar-refractivity contribution < 1.29 is 0 Å². The van der Waals surface area contributed by atoms with Crippen LogP contribution in [0.1, 0.15) is 123 Å². The summed E-state index contributed by atoms with van der Waals surface area (Å²) in [7, 11) is 0. The van der Waals surface area contributed by atoms with Gasteiger partial charge in [-0.25, -0.2) is 0 Å². The van der Waals surface area contributed by atoms with Crippen LogP contribution in [-0.2, 0) is 10.8 Å². The highest BCUT2D eigenvalue weighted by atomic mass is 14.4. The molecule has 0 fully saturated rings. The van der Waals surface area contributed by atoms with E-state index in [0.29, 0.717) is 0 Å². The maximum absolute atomic E-state index is 2.33. The van der Waals surface area contributed by atoms with E-state index in [2.05, 4.69) is 182 Å². The smallest absolute Gasteiger partial charge is 0.0451 e. The van der Waals surface area contributed by atoms with Crippen molar-refractivity contribution in [2.75, 3.05) is 0 Å². The molecule has 0 heterocycles. The molecule has 266 valence electrons. The molecule has 0 bridgehead atoms. The molecule has 0 atom stereocenters. The van der Waals surface area contributed by atoms with Gasteiger partial charge >= 0.3 is 0 Å². The van der Waals surface area contributed by atoms with Crippen LogP contribution in [0.25, 0.3) is 0 Å². The fourth-order valence-corrected chi connectivity index (χ4v) is 8.75. The lowest BCUT2D eigenvalue weighted by atomic mass is 9.66. The topological polar surface area (TPSA) is 0 Å². The number of hydrogen-bond acceptors (Lipinski definition) is 0. The maximum Gasteiger partial charge on any atom is 0.0451 e. The van der Waals surface area contributed by atoms with Crippen molar-refractivity contribution in [1.29, 1.82) is 0 Å². The second-order valence-corrected chi connectivity index (χ2v) is 14.7. The molecule has 0 saturated carbocycles. The molecule has 0 aliphatic rings. The Morgan fingerprint density at radius 3 is 0.519 bits per heavy atom. The van der Waals surface area contributed by atoms with E-state index < -0.39 is 0 Å². The Bertz CT molecular complexity index is 1460. The zero-order chi connectivity index (χ0) is 35.6. The van der Waals surface area contributed by atoms with Gasteiger partial charge in [0.15, 0.2) is 0 Å². The van der Waals surface area contributed by atoms with Gasteiger partial charge in [0.05, 0.1) is 0 Å². The van der Waals surface area contributed by atoms with E-state index in [1.807, 2.05) is 0 Å². The quantitative estimate of drug-likeness (QED) is 0.0524. The minimum Gasteiger partial charge on any atom is -0.0622 e. The van der Waals surface area contributed by atoms with E-state index in [-0.39, 0.29) is 10.8 Å². The summed E-state index contributed by atoms with van der Waals surface area (Å²) >= 11 is 0. The zero-order valence-electron chi connectivity index (χ0n) is 31.2. The lowest BCUT2D eigenvalue weighted by Gasteiger charge is -2.36. The van der Waals surface area contributed by atoms with Gasteiger partial charge in [0.1, 0.15) is 0 Å². The van der Waals surface area contributed by atoms with Gasteiger partial charge in [-0.3, -0.25) is 0 Å². The highest BCUT2D eigenvalue weighted by Crippen LogP contribution is 2.45. The summed E-state index contributed by atoms with van der Waals surface area (Å²) in [6.45, 7) is 0. The van der Waals surface area contributed by atoms with Crippen LogP contribution in [-0.4, -0.2) is 0 Å². The van der Waals surface area contributed by atoms with Crippen molar-refractivity contribution >= 4 is 0 Å².